The predicted octanol–water partition coefficient (Wildman–Crippen LogP) is 4.00. The fraction of sp³-hybridized carbons (Fsp3) is 0.200. The molecule has 2 aliphatic rings. The third kappa shape index (κ3) is 3.43. The van der Waals surface area contributed by atoms with Gasteiger partial charge in [0.25, 0.3) is 5.91 Å². The Morgan fingerprint density at radius 1 is 1.25 bits per heavy atom. The summed E-state index contributed by atoms with van der Waals surface area (Å²) in [7, 11) is 0. The highest BCUT2D eigenvalue weighted by Crippen LogP contribution is 2.34. The summed E-state index contributed by atoms with van der Waals surface area (Å²) in [4.78, 5) is 35.3. The Hall–Kier alpha value is -2.64. The van der Waals surface area contributed by atoms with E-state index in [1.165, 1.54) is 11.8 Å². The van der Waals surface area contributed by atoms with E-state index in [1.54, 1.807) is 24.0 Å². The Morgan fingerprint density at radius 2 is 2.04 bits per heavy atom. The van der Waals surface area contributed by atoms with Crippen LogP contribution in [-0.2, 0) is 9.59 Å². The number of amides is 2. The number of nitrogens with zero attached hydrogens (tertiary/aromatic N) is 3. The third-order valence-corrected chi connectivity index (χ3v) is 5.75. The van der Waals surface area contributed by atoms with Crippen LogP contribution in [0.25, 0.3) is 0 Å². The number of carbonyl (C=O) groups excluding carboxylic acids is 2. The Morgan fingerprint density at radius 3 is 2.86 bits per heavy atom. The summed E-state index contributed by atoms with van der Waals surface area (Å²) in [6.45, 7) is 3.69. The van der Waals surface area contributed by atoms with Gasteiger partial charge in [-0.25, -0.2) is 4.99 Å². The molecule has 8 heteroatoms. The monoisotopic (exact) mass is 412 g/mol. The van der Waals surface area contributed by atoms with Crippen LogP contribution in [0.2, 0.25) is 5.02 Å². The maximum absolute atomic E-state index is 12.5. The summed E-state index contributed by atoms with van der Waals surface area (Å²) < 4.78 is 0. The maximum Gasteiger partial charge on any atom is 0.270 e. The van der Waals surface area contributed by atoms with Crippen molar-refractivity contribution in [1.29, 1.82) is 0 Å². The molecule has 142 valence electrons. The lowest BCUT2D eigenvalue weighted by molar-refractivity contribution is -0.119. The molecule has 0 saturated carbocycles. The van der Waals surface area contributed by atoms with Crippen molar-refractivity contribution in [2.45, 2.75) is 19.9 Å². The minimum Gasteiger partial charge on any atom is -0.325 e. The van der Waals surface area contributed by atoms with Crippen LogP contribution in [0.5, 0.6) is 0 Å². The van der Waals surface area contributed by atoms with Crippen molar-refractivity contribution in [2.75, 3.05) is 11.1 Å². The molecule has 2 amide bonds. The normalized spacial score (nSPS) is 17.6. The number of thioether (sulfide) groups is 1. The topological polar surface area (TPSA) is 74.1 Å². The van der Waals surface area contributed by atoms with Crippen LogP contribution in [0, 0.1) is 6.92 Å². The first kappa shape index (κ1) is 18.7. The minimum atomic E-state index is -0.437. The summed E-state index contributed by atoms with van der Waals surface area (Å²) in [5.41, 5.74) is 3.18. The van der Waals surface area contributed by atoms with Crippen molar-refractivity contribution in [2.24, 2.45) is 9.98 Å². The fourth-order valence-electron chi connectivity index (χ4n) is 3.06. The minimum absolute atomic E-state index is 0.150. The maximum atomic E-state index is 12.5. The number of halogens is 1. The highest BCUT2D eigenvalue weighted by molar-refractivity contribution is 8.14. The summed E-state index contributed by atoms with van der Waals surface area (Å²) in [5, 5.41) is 4.03. The molecule has 2 heterocycles. The van der Waals surface area contributed by atoms with E-state index in [9.17, 15) is 9.59 Å². The van der Waals surface area contributed by atoms with Gasteiger partial charge in [-0.2, -0.15) is 4.99 Å². The number of aliphatic imine (C=N–C) groups is 2. The van der Waals surface area contributed by atoms with Gasteiger partial charge >= 0.3 is 0 Å². The van der Waals surface area contributed by atoms with Crippen LogP contribution in [0.3, 0.4) is 0 Å². The fourth-order valence-corrected chi connectivity index (χ4v) is 4.11. The van der Waals surface area contributed by atoms with Crippen LogP contribution in [0.15, 0.2) is 52.4 Å². The van der Waals surface area contributed by atoms with Crippen molar-refractivity contribution < 1.29 is 9.59 Å². The van der Waals surface area contributed by atoms with E-state index in [-0.39, 0.29) is 17.6 Å². The van der Waals surface area contributed by atoms with Crippen molar-refractivity contribution in [1.82, 2.24) is 4.90 Å². The average Bonchev–Trinajstić information content (AvgIpc) is 2.98. The van der Waals surface area contributed by atoms with Gasteiger partial charge in [-0.15, -0.1) is 0 Å². The van der Waals surface area contributed by atoms with Gasteiger partial charge in [0, 0.05) is 16.3 Å². The lowest BCUT2D eigenvalue weighted by atomic mass is 10.1. The molecule has 1 atom stereocenters. The number of hydrogen-bond donors (Lipinski definition) is 1. The number of amidine groups is 2. The zero-order valence-corrected chi connectivity index (χ0v) is 16.8. The van der Waals surface area contributed by atoms with Gasteiger partial charge in [0.1, 0.15) is 11.9 Å². The smallest absolute Gasteiger partial charge is 0.270 e. The van der Waals surface area contributed by atoms with Gasteiger partial charge in [-0.05, 0) is 43.7 Å². The number of carbonyl (C=O) groups is 2. The summed E-state index contributed by atoms with van der Waals surface area (Å²) in [6, 6.07) is 12.5. The molecule has 0 aliphatic carbocycles. The van der Waals surface area contributed by atoms with Crippen LogP contribution in [-0.4, -0.2) is 39.5 Å². The highest BCUT2D eigenvalue weighted by Gasteiger charge is 2.39. The van der Waals surface area contributed by atoms with E-state index in [0.717, 1.165) is 16.8 Å². The third-order valence-electron chi connectivity index (χ3n) is 4.56. The van der Waals surface area contributed by atoms with Crippen molar-refractivity contribution in [3.63, 3.8) is 0 Å². The predicted molar refractivity (Wildman–Crippen MR) is 114 cm³/mol. The molecule has 2 aromatic carbocycles. The van der Waals surface area contributed by atoms with Gasteiger partial charge in [0.2, 0.25) is 5.91 Å². The standard InChI is InChI=1S/C20H17ClN4O2S/c1-11-7-8-13(21)9-16(11)22-17(26)10-28-20-23-15-6-4-3-5-14(15)18-24-19(27)12(2)25(18)20/h3-9,12H,10H2,1-2H3,(H,22,26). The molecule has 28 heavy (non-hydrogen) atoms. The molecule has 0 radical (unpaired) electrons. The second kappa shape index (κ2) is 7.41. The van der Waals surface area contributed by atoms with E-state index in [4.69, 9.17) is 11.6 Å². The van der Waals surface area contributed by atoms with Crippen molar-refractivity contribution in [3.05, 3.63) is 58.6 Å². The SMILES string of the molecule is Cc1ccc(Cl)cc1NC(=O)CSC1=Nc2ccccc2C2=NC(=O)C(C)N12. The number of para-hydroxylation sites is 1. The molecular formula is C20H17ClN4O2S. The van der Waals surface area contributed by atoms with Gasteiger partial charge in [0.05, 0.1) is 11.4 Å². The zero-order valence-electron chi connectivity index (χ0n) is 15.3. The molecule has 2 aromatic rings. The number of anilines is 1. The molecule has 0 aromatic heterocycles. The number of hydrogen-bond acceptors (Lipinski definition) is 5. The number of nitrogens with one attached hydrogen (secondary N) is 1. The molecule has 4 rings (SSSR count). The number of benzene rings is 2. The Labute approximate surface area is 171 Å². The Balaban J connectivity index is 1.53. The molecule has 1 N–H and O–H groups in total. The zero-order chi connectivity index (χ0) is 19.8. The van der Waals surface area contributed by atoms with Gasteiger partial charge in [-0.1, -0.05) is 41.6 Å². The van der Waals surface area contributed by atoms with Gasteiger partial charge < -0.3 is 5.32 Å². The number of rotatable bonds is 3. The molecule has 0 bridgehead atoms. The summed E-state index contributed by atoms with van der Waals surface area (Å²) in [5.74, 6) is 0.363. The first-order valence-corrected chi connectivity index (χ1v) is 10.1. The van der Waals surface area contributed by atoms with Crippen LogP contribution in [0.1, 0.15) is 18.1 Å². The largest absolute Gasteiger partial charge is 0.325 e. The van der Waals surface area contributed by atoms with E-state index in [0.29, 0.717) is 21.7 Å². The van der Waals surface area contributed by atoms with E-state index in [2.05, 4.69) is 15.3 Å². The van der Waals surface area contributed by atoms with Gasteiger partial charge in [0.15, 0.2) is 5.17 Å². The van der Waals surface area contributed by atoms with E-state index >= 15 is 0 Å². The molecule has 6 nitrogen and oxygen atoms in total. The second-order valence-electron chi connectivity index (χ2n) is 6.53. The summed E-state index contributed by atoms with van der Waals surface area (Å²) >= 11 is 7.29. The molecular weight excluding hydrogens is 396 g/mol. The Kier molecular flexibility index (Phi) is 4.95. The van der Waals surface area contributed by atoms with Crippen molar-refractivity contribution in [3.8, 4) is 0 Å². The highest BCUT2D eigenvalue weighted by atomic mass is 35.5. The van der Waals surface area contributed by atoms with Crippen LogP contribution in [0.4, 0.5) is 11.4 Å². The Bertz CT molecular complexity index is 1050. The van der Waals surface area contributed by atoms with E-state index < -0.39 is 6.04 Å². The summed E-state index contributed by atoms with van der Waals surface area (Å²) in [6.07, 6.45) is 0. The first-order chi connectivity index (χ1) is 13.4. The molecule has 2 aliphatic heterocycles. The van der Waals surface area contributed by atoms with E-state index in [1.807, 2.05) is 37.3 Å². The van der Waals surface area contributed by atoms with Crippen molar-refractivity contribution >= 4 is 57.6 Å². The van der Waals surface area contributed by atoms with Crippen LogP contribution < -0.4 is 5.32 Å². The van der Waals surface area contributed by atoms with Crippen LogP contribution >= 0.6 is 23.4 Å². The lowest BCUT2D eigenvalue weighted by Crippen LogP contribution is -2.42. The molecule has 0 saturated heterocycles. The molecule has 0 spiro atoms. The quantitative estimate of drug-likeness (QED) is 0.826. The number of aryl methyl sites for hydroxylation is 1. The number of fused-ring (bicyclic) bond motifs is 3. The molecule has 1 unspecified atom stereocenters. The molecule has 0 fully saturated rings. The first-order valence-electron chi connectivity index (χ1n) is 8.72. The van der Waals surface area contributed by atoms with Gasteiger partial charge in [-0.3, -0.25) is 14.5 Å². The second-order valence-corrected chi connectivity index (χ2v) is 7.91. The lowest BCUT2D eigenvalue weighted by Gasteiger charge is -2.29. The average molecular weight is 413 g/mol.